The lowest BCUT2D eigenvalue weighted by Gasteiger charge is -2.35. The zero-order valence-corrected chi connectivity index (χ0v) is 17.1. The monoisotopic (exact) mass is 408 g/mol. The van der Waals surface area contributed by atoms with Crippen LogP contribution in [-0.4, -0.2) is 42.1 Å². The quantitative estimate of drug-likeness (QED) is 0.564. The highest BCUT2D eigenvalue weighted by Gasteiger charge is 2.53. The molecule has 4 rings (SSSR count). The molecule has 6 heteroatoms. The minimum atomic E-state index is -0.847. The third-order valence-corrected chi connectivity index (χ3v) is 5.16. The molecule has 1 aliphatic heterocycles. The third kappa shape index (κ3) is 4.15. The lowest BCUT2D eigenvalue weighted by molar-refractivity contribution is -0.159. The molecule has 1 heterocycles. The molecule has 1 fully saturated rings. The summed E-state index contributed by atoms with van der Waals surface area (Å²) in [7, 11) is 0. The Morgan fingerprint density at radius 1 is 0.833 bits per heavy atom. The smallest absolute Gasteiger partial charge is 0.338 e. The van der Waals surface area contributed by atoms with Crippen molar-refractivity contribution < 1.29 is 28.5 Å². The van der Waals surface area contributed by atoms with Crippen molar-refractivity contribution in [1.29, 1.82) is 0 Å². The van der Waals surface area contributed by atoms with Crippen LogP contribution >= 0.6 is 0 Å². The number of carbonyl (C=O) groups is 2. The fourth-order valence-electron chi connectivity index (χ4n) is 3.78. The maximum absolute atomic E-state index is 12.8. The summed E-state index contributed by atoms with van der Waals surface area (Å²) in [5.41, 5.74) is 1.69. The van der Waals surface area contributed by atoms with Crippen LogP contribution in [0.3, 0.4) is 0 Å². The largest absolute Gasteiger partial charge is 0.452 e. The van der Waals surface area contributed by atoms with Gasteiger partial charge in [-0.05, 0) is 56.7 Å². The molecule has 1 aliphatic carbocycles. The second kappa shape index (κ2) is 8.05. The molecule has 2 aromatic rings. The fourth-order valence-corrected chi connectivity index (χ4v) is 3.78. The van der Waals surface area contributed by atoms with Crippen LogP contribution in [0.5, 0.6) is 0 Å². The van der Waals surface area contributed by atoms with E-state index in [4.69, 9.17) is 18.9 Å². The van der Waals surface area contributed by atoms with Gasteiger partial charge in [-0.1, -0.05) is 36.4 Å². The average molecular weight is 408 g/mol. The summed E-state index contributed by atoms with van der Waals surface area (Å²) in [4.78, 5) is 25.4. The van der Waals surface area contributed by atoms with Crippen molar-refractivity contribution in [2.45, 2.75) is 51.0 Å². The van der Waals surface area contributed by atoms with Crippen LogP contribution in [0, 0.1) is 0 Å². The van der Waals surface area contributed by atoms with Gasteiger partial charge in [0.05, 0.1) is 11.1 Å². The van der Waals surface area contributed by atoms with E-state index in [1.807, 2.05) is 19.1 Å². The number of hydrogen-bond donors (Lipinski definition) is 0. The molecule has 0 bridgehead atoms. The Bertz CT molecular complexity index is 950. The predicted octanol–water partition coefficient (Wildman–Crippen LogP) is 3.92. The standard InChI is InChI=1S/C24H24O6/c1-15-14-18(27-22(25)16-10-6-4-7-11-16)20(21-19(15)29-24(2,3)30-21)28-23(26)17-12-8-5-9-13-17/h4-14,18-21H,1-3H3/t18-,19-,20-,21-/m1/s1. The molecular weight excluding hydrogens is 384 g/mol. The highest BCUT2D eigenvalue weighted by molar-refractivity contribution is 5.90. The maximum atomic E-state index is 12.8. The van der Waals surface area contributed by atoms with E-state index in [2.05, 4.69) is 0 Å². The fraction of sp³-hybridized carbons (Fsp3) is 0.333. The maximum Gasteiger partial charge on any atom is 0.338 e. The van der Waals surface area contributed by atoms with Crippen LogP contribution in [0.15, 0.2) is 72.3 Å². The van der Waals surface area contributed by atoms with E-state index in [9.17, 15) is 9.59 Å². The number of ether oxygens (including phenoxy) is 4. The van der Waals surface area contributed by atoms with Crippen LogP contribution in [-0.2, 0) is 18.9 Å². The van der Waals surface area contributed by atoms with Crippen molar-refractivity contribution >= 4 is 11.9 Å². The molecular formula is C24H24O6. The minimum absolute atomic E-state index is 0.389. The summed E-state index contributed by atoms with van der Waals surface area (Å²) in [6, 6.07) is 17.4. The molecule has 0 amide bonds. The first kappa shape index (κ1) is 20.3. The van der Waals surface area contributed by atoms with Crippen molar-refractivity contribution in [3.05, 3.63) is 83.4 Å². The van der Waals surface area contributed by atoms with Crippen molar-refractivity contribution in [2.24, 2.45) is 0 Å². The number of benzene rings is 2. The molecule has 0 unspecified atom stereocenters. The van der Waals surface area contributed by atoms with Gasteiger partial charge >= 0.3 is 11.9 Å². The van der Waals surface area contributed by atoms with Gasteiger partial charge in [0.1, 0.15) is 12.2 Å². The summed E-state index contributed by atoms with van der Waals surface area (Å²) in [5.74, 6) is -1.86. The van der Waals surface area contributed by atoms with Crippen molar-refractivity contribution in [3.8, 4) is 0 Å². The molecule has 156 valence electrons. The zero-order valence-electron chi connectivity index (χ0n) is 17.1. The molecule has 0 radical (unpaired) electrons. The Balaban J connectivity index is 1.62. The van der Waals surface area contributed by atoms with Gasteiger partial charge in [0, 0.05) is 0 Å². The predicted molar refractivity (Wildman–Crippen MR) is 109 cm³/mol. The van der Waals surface area contributed by atoms with E-state index in [0.717, 1.165) is 5.57 Å². The number of esters is 2. The lowest BCUT2D eigenvalue weighted by Crippen LogP contribution is -2.50. The zero-order chi connectivity index (χ0) is 21.3. The molecule has 0 saturated carbocycles. The second-order valence-corrected chi connectivity index (χ2v) is 7.90. The van der Waals surface area contributed by atoms with Crippen LogP contribution in [0.2, 0.25) is 0 Å². The van der Waals surface area contributed by atoms with Crippen LogP contribution < -0.4 is 0 Å². The van der Waals surface area contributed by atoms with E-state index >= 15 is 0 Å². The highest BCUT2D eigenvalue weighted by Crippen LogP contribution is 2.39. The molecule has 1 saturated heterocycles. The van der Waals surface area contributed by atoms with E-state index in [0.29, 0.717) is 11.1 Å². The normalized spacial score (nSPS) is 27.0. The van der Waals surface area contributed by atoms with E-state index in [1.54, 1.807) is 68.5 Å². The summed E-state index contributed by atoms with van der Waals surface area (Å²) in [6.07, 6.45) is -0.855. The molecule has 0 spiro atoms. The number of hydrogen-bond acceptors (Lipinski definition) is 6. The molecule has 0 aromatic heterocycles. The van der Waals surface area contributed by atoms with Gasteiger partial charge in [0.2, 0.25) is 0 Å². The van der Waals surface area contributed by atoms with Crippen LogP contribution in [0.4, 0.5) is 0 Å². The van der Waals surface area contributed by atoms with Gasteiger partial charge in [-0.2, -0.15) is 0 Å². The van der Waals surface area contributed by atoms with Crippen LogP contribution in [0.25, 0.3) is 0 Å². The first-order valence-corrected chi connectivity index (χ1v) is 9.90. The van der Waals surface area contributed by atoms with E-state index in [-0.39, 0.29) is 6.10 Å². The van der Waals surface area contributed by atoms with Gasteiger partial charge < -0.3 is 18.9 Å². The topological polar surface area (TPSA) is 71.1 Å². The Morgan fingerprint density at radius 3 is 1.93 bits per heavy atom. The van der Waals surface area contributed by atoms with Crippen molar-refractivity contribution in [2.75, 3.05) is 0 Å². The number of rotatable bonds is 4. The second-order valence-electron chi connectivity index (χ2n) is 7.90. The Hall–Kier alpha value is -2.96. The Morgan fingerprint density at radius 2 is 1.37 bits per heavy atom. The summed E-state index contributed by atoms with van der Waals surface area (Å²) in [5, 5.41) is 0. The Labute approximate surface area is 175 Å². The van der Waals surface area contributed by atoms with Gasteiger partial charge in [-0.3, -0.25) is 0 Å². The van der Waals surface area contributed by atoms with Crippen LogP contribution in [0.1, 0.15) is 41.5 Å². The van der Waals surface area contributed by atoms with Gasteiger partial charge in [0.15, 0.2) is 18.0 Å². The summed E-state index contributed by atoms with van der Waals surface area (Å²) >= 11 is 0. The summed E-state index contributed by atoms with van der Waals surface area (Å²) < 4.78 is 23.6. The molecule has 6 nitrogen and oxygen atoms in total. The van der Waals surface area contributed by atoms with Gasteiger partial charge in [0.25, 0.3) is 0 Å². The van der Waals surface area contributed by atoms with Crippen molar-refractivity contribution in [3.63, 3.8) is 0 Å². The highest BCUT2D eigenvalue weighted by atomic mass is 16.8. The molecule has 2 aromatic carbocycles. The van der Waals surface area contributed by atoms with Gasteiger partial charge in [-0.25, -0.2) is 9.59 Å². The SMILES string of the molecule is CC1=C[C@@H](OC(=O)c2ccccc2)[C@@H](OC(=O)c2ccccc2)[C@@H]2OC(C)(C)O[C@H]12. The molecule has 30 heavy (non-hydrogen) atoms. The van der Waals surface area contributed by atoms with Crippen molar-refractivity contribution in [1.82, 2.24) is 0 Å². The Kier molecular flexibility index (Phi) is 5.45. The van der Waals surface area contributed by atoms with E-state index in [1.165, 1.54) is 0 Å². The first-order valence-electron chi connectivity index (χ1n) is 9.90. The lowest BCUT2D eigenvalue weighted by atomic mass is 9.90. The average Bonchev–Trinajstić information content (AvgIpc) is 3.08. The minimum Gasteiger partial charge on any atom is -0.452 e. The summed E-state index contributed by atoms with van der Waals surface area (Å²) in [6.45, 7) is 5.50. The number of fused-ring (bicyclic) bond motifs is 1. The van der Waals surface area contributed by atoms with E-state index < -0.39 is 36.0 Å². The third-order valence-electron chi connectivity index (χ3n) is 5.16. The molecule has 2 aliphatic rings. The molecule has 0 N–H and O–H groups in total. The number of carbonyl (C=O) groups excluding carboxylic acids is 2. The molecule has 4 atom stereocenters. The first-order chi connectivity index (χ1) is 14.3. The van der Waals surface area contributed by atoms with Gasteiger partial charge in [-0.15, -0.1) is 0 Å².